The van der Waals surface area contributed by atoms with Crippen molar-refractivity contribution in [2.24, 2.45) is 0 Å². The van der Waals surface area contributed by atoms with Gasteiger partial charge in [-0.3, -0.25) is 9.78 Å². The second-order valence-electron chi connectivity index (χ2n) is 7.90. The minimum atomic E-state index is -0.0480. The molecule has 7 heteroatoms. The molecule has 1 fully saturated rings. The number of carbonyl (C=O) groups excluding carboxylic acids is 1. The molecule has 0 spiro atoms. The predicted molar refractivity (Wildman–Crippen MR) is 130 cm³/mol. The molecule has 2 atom stereocenters. The van der Waals surface area contributed by atoms with Gasteiger partial charge in [-0.25, -0.2) is 0 Å². The van der Waals surface area contributed by atoms with E-state index in [0.717, 1.165) is 22.5 Å². The number of aromatic nitrogens is 1. The van der Waals surface area contributed by atoms with E-state index >= 15 is 0 Å². The summed E-state index contributed by atoms with van der Waals surface area (Å²) in [6, 6.07) is 14.1. The van der Waals surface area contributed by atoms with Gasteiger partial charge in [0, 0.05) is 29.7 Å². The maximum atomic E-state index is 12.7. The minimum absolute atomic E-state index is 0.0101. The van der Waals surface area contributed by atoms with Gasteiger partial charge < -0.3 is 15.5 Å². The lowest BCUT2D eigenvalue weighted by molar-refractivity contribution is -0.116. The van der Waals surface area contributed by atoms with Gasteiger partial charge in [0.25, 0.3) is 0 Å². The molecule has 1 amide bonds. The van der Waals surface area contributed by atoms with Gasteiger partial charge in [-0.1, -0.05) is 18.2 Å². The first-order valence-electron chi connectivity index (χ1n) is 10.3. The van der Waals surface area contributed by atoms with Crippen LogP contribution in [0.4, 0.5) is 5.69 Å². The molecule has 2 aromatic heterocycles. The Kier molecular flexibility index (Phi) is 6.34. The van der Waals surface area contributed by atoms with Gasteiger partial charge in [-0.05, 0) is 79.3 Å². The molecule has 0 bridgehead atoms. The quantitative estimate of drug-likeness (QED) is 0.514. The van der Waals surface area contributed by atoms with Crippen LogP contribution in [0.2, 0.25) is 0 Å². The molecule has 0 unspecified atom stereocenters. The minimum Gasteiger partial charge on any atom is -0.352 e. The average molecular weight is 451 g/mol. The average Bonchev–Trinajstić information content (AvgIpc) is 3.32. The van der Waals surface area contributed by atoms with Gasteiger partial charge in [0.05, 0.1) is 17.8 Å². The number of hydrogen-bond acceptors (Lipinski definition) is 4. The number of thiophene rings is 1. The summed E-state index contributed by atoms with van der Waals surface area (Å²) in [4.78, 5) is 20.7. The third-order valence-corrected chi connectivity index (χ3v) is 7.06. The van der Waals surface area contributed by atoms with Crippen LogP contribution < -0.4 is 10.6 Å². The molecule has 160 valence electrons. The molecule has 1 saturated heterocycles. The summed E-state index contributed by atoms with van der Waals surface area (Å²) >= 11 is 7.41. The van der Waals surface area contributed by atoms with Gasteiger partial charge in [0.15, 0.2) is 5.11 Å². The fourth-order valence-corrected chi connectivity index (χ4v) is 5.33. The molecule has 0 aliphatic carbocycles. The van der Waals surface area contributed by atoms with Crippen molar-refractivity contribution in [3.8, 4) is 0 Å². The summed E-state index contributed by atoms with van der Waals surface area (Å²) in [6.45, 7) is 6.68. The van der Waals surface area contributed by atoms with E-state index in [0.29, 0.717) is 18.1 Å². The van der Waals surface area contributed by atoms with E-state index in [9.17, 15) is 4.79 Å². The van der Waals surface area contributed by atoms with E-state index in [-0.39, 0.29) is 18.0 Å². The summed E-state index contributed by atoms with van der Waals surface area (Å²) in [7, 11) is 0. The highest BCUT2D eigenvalue weighted by molar-refractivity contribution is 7.80. The first kappa shape index (κ1) is 21.5. The predicted octanol–water partition coefficient (Wildman–Crippen LogP) is 5.07. The van der Waals surface area contributed by atoms with Crippen molar-refractivity contribution in [1.82, 2.24) is 15.2 Å². The Bertz CT molecular complexity index is 1100. The third kappa shape index (κ3) is 4.62. The van der Waals surface area contributed by atoms with Gasteiger partial charge in [0.2, 0.25) is 5.91 Å². The van der Waals surface area contributed by atoms with Gasteiger partial charge in [-0.2, -0.15) is 0 Å². The summed E-state index contributed by atoms with van der Waals surface area (Å²) in [6.07, 6.45) is 2.16. The second kappa shape index (κ2) is 9.16. The second-order valence-corrected chi connectivity index (χ2v) is 9.24. The fraction of sp³-hybridized carbons (Fsp3) is 0.292. The van der Waals surface area contributed by atoms with Crippen LogP contribution in [-0.4, -0.2) is 27.4 Å². The van der Waals surface area contributed by atoms with Crippen molar-refractivity contribution < 1.29 is 4.79 Å². The highest BCUT2D eigenvalue weighted by Crippen LogP contribution is 2.41. The number of aryl methyl sites for hydroxylation is 3. The molecule has 1 aliphatic rings. The van der Waals surface area contributed by atoms with Crippen LogP contribution in [0.25, 0.3) is 0 Å². The third-order valence-electron chi connectivity index (χ3n) is 5.62. The highest BCUT2D eigenvalue weighted by Gasteiger charge is 2.40. The van der Waals surface area contributed by atoms with Crippen LogP contribution in [0.5, 0.6) is 0 Å². The number of amides is 1. The zero-order valence-electron chi connectivity index (χ0n) is 17.9. The molecular formula is C24H26N4OS2. The maximum Gasteiger partial charge on any atom is 0.226 e. The first-order chi connectivity index (χ1) is 14.9. The molecule has 1 aromatic carbocycles. The van der Waals surface area contributed by atoms with Crippen LogP contribution in [0.1, 0.15) is 45.8 Å². The van der Waals surface area contributed by atoms with E-state index in [4.69, 9.17) is 12.2 Å². The van der Waals surface area contributed by atoms with Crippen molar-refractivity contribution in [3.63, 3.8) is 0 Å². The molecule has 4 rings (SSSR count). The Morgan fingerprint density at radius 1 is 1.19 bits per heavy atom. The summed E-state index contributed by atoms with van der Waals surface area (Å²) in [5, 5.41) is 9.26. The lowest BCUT2D eigenvalue weighted by Crippen LogP contribution is -2.32. The molecule has 0 saturated carbocycles. The van der Waals surface area contributed by atoms with Gasteiger partial charge in [0.1, 0.15) is 0 Å². The number of hydrogen-bond donors (Lipinski definition) is 2. The number of nitrogens with zero attached hydrogens (tertiary/aromatic N) is 2. The Hall–Kier alpha value is -2.77. The number of thiocarbonyl (C=S) groups is 1. The smallest absolute Gasteiger partial charge is 0.226 e. The van der Waals surface area contributed by atoms with Crippen molar-refractivity contribution in [2.45, 2.75) is 39.3 Å². The number of rotatable bonds is 6. The Balaban J connectivity index is 1.53. The largest absolute Gasteiger partial charge is 0.352 e. The molecule has 3 heterocycles. The number of pyridine rings is 1. The maximum absolute atomic E-state index is 12.7. The molecule has 3 aromatic rings. The van der Waals surface area contributed by atoms with Crippen LogP contribution in [0, 0.1) is 20.8 Å². The van der Waals surface area contributed by atoms with E-state index in [1.165, 1.54) is 10.4 Å². The monoisotopic (exact) mass is 450 g/mol. The molecule has 31 heavy (non-hydrogen) atoms. The zero-order valence-corrected chi connectivity index (χ0v) is 19.5. The molecular weight excluding hydrogens is 424 g/mol. The fourth-order valence-electron chi connectivity index (χ4n) is 3.92. The zero-order chi connectivity index (χ0) is 22.0. The number of nitrogens with one attached hydrogen (secondary N) is 2. The normalized spacial score (nSPS) is 18.2. The van der Waals surface area contributed by atoms with E-state index in [1.807, 2.05) is 50.2 Å². The van der Waals surface area contributed by atoms with E-state index in [2.05, 4.69) is 38.9 Å². The number of anilines is 1. The van der Waals surface area contributed by atoms with E-state index < -0.39 is 0 Å². The molecule has 1 aliphatic heterocycles. The van der Waals surface area contributed by atoms with Crippen LogP contribution >= 0.6 is 23.6 Å². The lowest BCUT2D eigenvalue weighted by atomic mass is 10.0. The number of carbonyl (C=O) groups is 1. The molecule has 2 N–H and O–H groups in total. The standard InChI is InChI=1S/C24H26N4OS2/c1-15-7-8-16(2)19(14-15)26-20(29)9-12-28-22(23-17(3)10-13-31-23)21(27-24(28)30)18-6-4-5-11-25-18/h4-8,10-11,13-14,21-22H,9,12H2,1-3H3,(H,26,29)(H,27,30)/t21-,22+/m0/s1. The highest BCUT2D eigenvalue weighted by atomic mass is 32.1. The topological polar surface area (TPSA) is 57.3 Å². The van der Waals surface area contributed by atoms with Crippen molar-refractivity contribution in [2.75, 3.05) is 11.9 Å². The van der Waals surface area contributed by atoms with Crippen molar-refractivity contribution in [1.29, 1.82) is 0 Å². The lowest BCUT2D eigenvalue weighted by Gasteiger charge is -2.27. The SMILES string of the molecule is Cc1ccc(C)c(NC(=O)CCN2C(=S)N[C@@H](c3ccccn3)[C@@H]2c2sccc2C)c1. The van der Waals surface area contributed by atoms with Crippen molar-refractivity contribution >= 4 is 40.3 Å². The van der Waals surface area contributed by atoms with Gasteiger partial charge in [-0.15, -0.1) is 11.3 Å². The Morgan fingerprint density at radius 2 is 2.03 bits per heavy atom. The summed E-state index contributed by atoms with van der Waals surface area (Å²) in [5.41, 5.74) is 5.22. The van der Waals surface area contributed by atoms with E-state index in [1.54, 1.807) is 17.5 Å². The Labute approximate surface area is 192 Å². The molecule has 5 nitrogen and oxygen atoms in total. The Morgan fingerprint density at radius 3 is 2.74 bits per heavy atom. The summed E-state index contributed by atoms with van der Waals surface area (Å²) in [5.74, 6) is -0.0144. The van der Waals surface area contributed by atoms with Crippen LogP contribution in [0.3, 0.4) is 0 Å². The van der Waals surface area contributed by atoms with Crippen LogP contribution in [0.15, 0.2) is 54.0 Å². The number of benzene rings is 1. The van der Waals surface area contributed by atoms with Crippen molar-refractivity contribution in [3.05, 3.63) is 81.3 Å². The molecule has 0 radical (unpaired) electrons. The first-order valence-corrected chi connectivity index (χ1v) is 11.6. The van der Waals surface area contributed by atoms with Crippen LogP contribution in [-0.2, 0) is 4.79 Å². The summed E-state index contributed by atoms with van der Waals surface area (Å²) < 4.78 is 0. The van der Waals surface area contributed by atoms with Gasteiger partial charge >= 0.3 is 0 Å².